The van der Waals surface area contributed by atoms with Crippen LogP contribution < -0.4 is 0 Å². The van der Waals surface area contributed by atoms with Crippen LogP contribution in [0.3, 0.4) is 0 Å². The maximum absolute atomic E-state index is 6.09. The first-order valence-electron chi connectivity index (χ1n) is 10.6. The molecule has 0 bridgehead atoms. The number of hydrogen-bond acceptors (Lipinski definition) is 7. The SMILES string of the molecule is CCCO[N+](C)(C)O[N+](C)(C)O[N+](C)(C)CO[N+](C)(C)OCC[N+](C)(C)CON(C)C. The number of hydrogen-bond donors (Lipinski definition) is 0. The molecule has 0 saturated heterocycles. The lowest BCUT2D eigenvalue weighted by Gasteiger charge is -2.34. The third kappa shape index (κ3) is 15.9. The largest absolute Gasteiger partial charge is 0.302 e. The standard InChI is InChI=1S/C19H51N6O6/c1-14-16-27-24(10,11)31-25(12,13)30-22(6,7)19-29-23(8,9)28-17-15-21(4,5)18-26-20(2)3/h14-19H2,1-13H3/q+5. The van der Waals surface area contributed by atoms with E-state index in [0.717, 1.165) is 13.0 Å². The fourth-order valence-corrected chi connectivity index (χ4v) is 2.54. The monoisotopic (exact) mass is 459 g/mol. The topological polar surface area (TPSA) is 58.6 Å². The van der Waals surface area contributed by atoms with Crippen molar-refractivity contribution in [2.24, 2.45) is 0 Å². The van der Waals surface area contributed by atoms with E-state index < -0.39 is 0 Å². The van der Waals surface area contributed by atoms with Crippen LogP contribution in [0.25, 0.3) is 0 Å². The summed E-state index contributed by atoms with van der Waals surface area (Å²) in [5.41, 5.74) is 0. The van der Waals surface area contributed by atoms with Gasteiger partial charge in [0.15, 0.2) is 6.61 Å². The normalized spacial score (nSPS) is 14.5. The molecule has 0 unspecified atom stereocenters. The number of nitrogens with zero attached hydrogens (tertiary/aromatic N) is 6. The molecule has 0 fully saturated rings. The highest BCUT2D eigenvalue weighted by Gasteiger charge is 2.42. The van der Waals surface area contributed by atoms with Gasteiger partial charge in [0.1, 0.15) is 69.5 Å². The van der Waals surface area contributed by atoms with Crippen LogP contribution in [0.4, 0.5) is 0 Å². The maximum atomic E-state index is 6.09. The first-order chi connectivity index (χ1) is 13.8. The first kappa shape index (κ1) is 30.5. The summed E-state index contributed by atoms with van der Waals surface area (Å²) in [6.07, 6.45) is 0.903. The Hall–Kier alpha value is -0.480. The molecular weight excluding hydrogens is 408 g/mol. The minimum Gasteiger partial charge on any atom is -0.302 e. The molecule has 0 aliphatic rings. The lowest BCUT2D eigenvalue weighted by Crippen LogP contribution is -2.60. The zero-order valence-corrected chi connectivity index (χ0v) is 22.4. The molecule has 0 aromatic carbocycles. The van der Waals surface area contributed by atoms with Crippen molar-refractivity contribution >= 4 is 0 Å². The fourth-order valence-electron chi connectivity index (χ4n) is 2.54. The molecule has 0 aliphatic heterocycles. The molecule has 0 saturated carbocycles. The molecule has 0 atom stereocenters. The molecule has 0 rings (SSSR count). The lowest BCUT2D eigenvalue weighted by atomic mass is 10.5. The zero-order valence-electron chi connectivity index (χ0n) is 22.4. The van der Waals surface area contributed by atoms with E-state index in [1.807, 2.05) is 63.3 Å². The first-order valence-corrected chi connectivity index (χ1v) is 10.6. The summed E-state index contributed by atoms with van der Waals surface area (Å²) >= 11 is 0. The minimum absolute atomic E-state index is 0.0605. The molecule has 0 aromatic rings. The van der Waals surface area contributed by atoms with Crippen LogP contribution in [-0.2, 0) is 29.2 Å². The van der Waals surface area contributed by atoms with Gasteiger partial charge in [0.25, 0.3) is 6.73 Å². The summed E-state index contributed by atoms with van der Waals surface area (Å²) < 4.78 is 0.754. The summed E-state index contributed by atoms with van der Waals surface area (Å²) in [7, 11) is 22.6. The van der Waals surface area contributed by atoms with Crippen molar-refractivity contribution in [1.29, 1.82) is 0 Å². The molecule has 0 N–H and O–H groups in total. The van der Waals surface area contributed by atoms with Crippen molar-refractivity contribution in [1.82, 2.24) is 5.06 Å². The Bertz CT molecular complexity index is 514. The highest BCUT2D eigenvalue weighted by Crippen LogP contribution is 2.16. The van der Waals surface area contributed by atoms with Crippen LogP contribution in [0.5, 0.6) is 0 Å². The van der Waals surface area contributed by atoms with Crippen LogP contribution >= 0.6 is 0 Å². The Morgan fingerprint density at radius 1 is 0.613 bits per heavy atom. The predicted octanol–water partition coefficient (Wildman–Crippen LogP) is 0.675. The molecule has 0 radical (unpaired) electrons. The molecule has 0 spiro atoms. The highest BCUT2D eigenvalue weighted by atomic mass is 17.2. The van der Waals surface area contributed by atoms with Gasteiger partial charge in [-0.2, -0.15) is 14.7 Å². The van der Waals surface area contributed by atoms with Gasteiger partial charge in [-0.25, -0.2) is 4.84 Å². The minimum atomic E-state index is -0.182. The summed E-state index contributed by atoms with van der Waals surface area (Å²) in [6, 6.07) is 0. The number of hydroxylamine groups is 17. The number of quaternary nitrogens is 5. The summed E-state index contributed by atoms with van der Waals surface area (Å²) in [4.78, 5) is 34.8. The molecule has 0 heterocycles. The van der Waals surface area contributed by atoms with Crippen LogP contribution in [-0.4, -0.2) is 146 Å². The van der Waals surface area contributed by atoms with Crippen molar-refractivity contribution in [3.05, 3.63) is 0 Å². The summed E-state index contributed by atoms with van der Waals surface area (Å²) in [5.74, 6) is 0. The highest BCUT2D eigenvalue weighted by molar-refractivity contribution is 4.25. The number of rotatable bonds is 17. The van der Waals surface area contributed by atoms with E-state index in [9.17, 15) is 0 Å². The van der Waals surface area contributed by atoms with Gasteiger partial charge >= 0.3 is 0 Å². The Morgan fingerprint density at radius 3 is 1.68 bits per heavy atom. The van der Waals surface area contributed by atoms with Gasteiger partial charge in [-0.1, -0.05) is 6.92 Å². The van der Waals surface area contributed by atoms with Gasteiger partial charge in [-0.05, 0) is 11.2 Å². The Morgan fingerprint density at radius 2 is 1.16 bits per heavy atom. The maximum Gasteiger partial charge on any atom is 0.273 e. The third-order valence-corrected chi connectivity index (χ3v) is 3.86. The molecule has 0 aliphatic carbocycles. The van der Waals surface area contributed by atoms with E-state index in [2.05, 4.69) is 14.1 Å². The van der Waals surface area contributed by atoms with Crippen LogP contribution in [0.1, 0.15) is 13.3 Å². The van der Waals surface area contributed by atoms with Crippen molar-refractivity contribution in [2.45, 2.75) is 13.3 Å². The number of likely N-dealkylation sites (N-methyl/N-ethyl adjacent to an activating group) is 1. The fraction of sp³-hybridized carbons (Fsp3) is 1.00. The smallest absolute Gasteiger partial charge is 0.273 e. The molecule has 12 nitrogen and oxygen atoms in total. The third-order valence-electron chi connectivity index (χ3n) is 3.86. The second kappa shape index (κ2) is 12.1. The lowest BCUT2D eigenvalue weighted by molar-refractivity contribution is -1.51. The van der Waals surface area contributed by atoms with E-state index in [0.29, 0.717) is 24.4 Å². The molecule has 0 amide bonds. The molecule has 12 heteroatoms. The predicted molar refractivity (Wildman–Crippen MR) is 115 cm³/mol. The van der Waals surface area contributed by atoms with Gasteiger partial charge in [0.2, 0.25) is 6.73 Å². The van der Waals surface area contributed by atoms with E-state index >= 15 is 0 Å². The van der Waals surface area contributed by atoms with E-state index in [4.69, 9.17) is 29.2 Å². The Labute approximate surface area is 189 Å². The summed E-state index contributed by atoms with van der Waals surface area (Å²) in [6.45, 7) is 4.73. The Kier molecular flexibility index (Phi) is 11.9. The second-order valence-corrected chi connectivity index (χ2v) is 10.1. The zero-order chi connectivity index (χ0) is 24.6. The Balaban J connectivity index is 4.59. The quantitative estimate of drug-likeness (QED) is 0.180. The average molecular weight is 460 g/mol. The van der Waals surface area contributed by atoms with E-state index in [1.165, 1.54) is 0 Å². The van der Waals surface area contributed by atoms with Crippen molar-refractivity contribution in [2.75, 3.05) is 118 Å². The molecule has 188 valence electrons. The van der Waals surface area contributed by atoms with Crippen LogP contribution in [0.15, 0.2) is 0 Å². The van der Waals surface area contributed by atoms with Crippen molar-refractivity contribution < 1.29 is 52.8 Å². The van der Waals surface area contributed by atoms with Gasteiger partial charge in [-0.3, -0.25) is 0 Å². The molecular formula is C19H51N6O6+5. The van der Waals surface area contributed by atoms with Crippen LogP contribution in [0.2, 0.25) is 0 Å². The average Bonchev–Trinajstić information content (AvgIpc) is 2.54. The van der Waals surface area contributed by atoms with Gasteiger partial charge < -0.3 is 4.48 Å². The van der Waals surface area contributed by atoms with E-state index in [1.54, 1.807) is 19.2 Å². The van der Waals surface area contributed by atoms with Crippen LogP contribution in [0, 0.1) is 0 Å². The molecule has 0 aromatic heterocycles. The summed E-state index contributed by atoms with van der Waals surface area (Å²) in [5, 5.41) is 1.70. The van der Waals surface area contributed by atoms with E-state index in [-0.39, 0.29) is 25.8 Å². The van der Waals surface area contributed by atoms with Crippen molar-refractivity contribution in [3.63, 3.8) is 0 Å². The van der Waals surface area contributed by atoms with Gasteiger partial charge in [0.05, 0.1) is 23.8 Å². The van der Waals surface area contributed by atoms with Gasteiger partial charge in [-0.15, -0.1) is 9.48 Å². The second-order valence-electron chi connectivity index (χ2n) is 10.1. The van der Waals surface area contributed by atoms with Crippen molar-refractivity contribution in [3.8, 4) is 0 Å². The van der Waals surface area contributed by atoms with Gasteiger partial charge in [0, 0.05) is 23.8 Å². The molecule has 31 heavy (non-hydrogen) atoms.